The van der Waals surface area contributed by atoms with Crippen molar-refractivity contribution in [2.45, 2.75) is 95.4 Å². The van der Waals surface area contributed by atoms with E-state index in [0.717, 1.165) is 49.2 Å². The normalized spacial score (nSPS) is 26.0. The van der Waals surface area contributed by atoms with Crippen LogP contribution in [0.25, 0.3) is 0 Å². The first kappa shape index (κ1) is 33.6. The Morgan fingerprint density at radius 1 is 0.979 bits per heavy atom. The van der Waals surface area contributed by atoms with Gasteiger partial charge in [0, 0.05) is 74.7 Å². The predicted octanol–water partition coefficient (Wildman–Crippen LogP) is 4.90. The second-order valence-electron chi connectivity index (χ2n) is 14.6. The largest absolute Gasteiger partial charge is 0.397 e. The molecule has 260 valence electrons. The number of halogens is 1. The van der Waals surface area contributed by atoms with E-state index in [1.54, 1.807) is 11.3 Å². The van der Waals surface area contributed by atoms with Crippen molar-refractivity contribution in [2.75, 3.05) is 57.4 Å². The number of thiophene rings is 1. The maximum absolute atomic E-state index is 14.3. The summed E-state index contributed by atoms with van der Waals surface area (Å²) in [4.78, 5) is 53.1. The van der Waals surface area contributed by atoms with Crippen LogP contribution in [0.4, 0.5) is 16.2 Å². The van der Waals surface area contributed by atoms with Gasteiger partial charge in [-0.15, -0.1) is 11.3 Å². The van der Waals surface area contributed by atoms with Crippen molar-refractivity contribution in [2.24, 2.45) is 5.92 Å². The molecule has 2 bridgehead atoms. The molecule has 3 N–H and O–H groups in total. The number of aryl methyl sites for hydroxylation is 1. The van der Waals surface area contributed by atoms with Gasteiger partial charge in [-0.1, -0.05) is 24.6 Å². The Morgan fingerprint density at radius 3 is 2.38 bits per heavy atom. The van der Waals surface area contributed by atoms with Gasteiger partial charge < -0.3 is 30.7 Å². The second-order valence-corrected chi connectivity index (χ2v) is 16.0. The van der Waals surface area contributed by atoms with E-state index in [2.05, 4.69) is 22.2 Å². The first-order chi connectivity index (χ1) is 23.2. The molecule has 4 fully saturated rings. The molecule has 0 saturated carbocycles. The number of piperazine rings is 1. The highest BCUT2D eigenvalue weighted by Crippen LogP contribution is 2.37. The lowest BCUT2D eigenvalue weighted by Gasteiger charge is -2.45. The standard InChI is InChI=1S/C36H50ClN7O3S/c1-3-24-16-23(18-30(37)34(24)38)17-25(35(46)43-13-11-41(12-14-43)29-20-27-4-5-28(21-29)40(27)2)19-33(45)42-9-6-26(7-10-42)44-22-32-31(8-15-48-32)39-36(44)47/h8,15-16,18,25-29H,3-7,9-14,17,19-22,38H2,1-2H3,(H,39,47)/t25-,27?,28?,29?/m0/s1. The van der Waals surface area contributed by atoms with Gasteiger partial charge in [0.25, 0.3) is 0 Å². The van der Waals surface area contributed by atoms with Crippen molar-refractivity contribution in [3.8, 4) is 0 Å². The average Bonchev–Trinajstić information content (AvgIpc) is 3.62. The molecular weight excluding hydrogens is 646 g/mol. The monoisotopic (exact) mass is 695 g/mol. The summed E-state index contributed by atoms with van der Waals surface area (Å²) in [6.07, 6.45) is 7.88. The van der Waals surface area contributed by atoms with Gasteiger partial charge in [0.2, 0.25) is 11.8 Å². The zero-order chi connectivity index (χ0) is 33.5. The van der Waals surface area contributed by atoms with Crippen molar-refractivity contribution in [3.63, 3.8) is 0 Å². The summed E-state index contributed by atoms with van der Waals surface area (Å²) >= 11 is 8.19. The molecule has 5 aliphatic heterocycles. The molecule has 7 rings (SSSR count). The molecule has 12 heteroatoms. The van der Waals surface area contributed by atoms with Crippen LogP contribution in [0, 0.1) is 5.92 Å². The smallest absolute Gasteiger partial charge is 0.322 e. The van der Waals surface area contributed by atoms with E-state index in [9.17, 15) is 14.4 Å². The highest BCUT2D eigenvalue weighted by Gasteiger charge is 2.42. The number of hydrogen-bond acceptors (Lipinski definition) is 7. The van der Waals surface area contributed by atoms with Gasteiger partial charge in [-0.05, 0) is 87.1 Å². The summed E-state index contributed by atoms with van der Waals surface area (Å²) in [5, 5.41) is 5.52. The van der Waals surface area contributed by atoms with E-state index >= 15 is 0 Å². The minimum Gasteiger partial charge on any atom is -0.397 e. The van der Waals surface area contributed by atoms with Crippen LogP contribution in [0.1, 0.15) is 67.9 Å². The number of urea groups is 1. The molecule has 0 radical (unpaired) electrons. The van der Waals surface area contributed by atoms with Gasteiger partial charge >= 0.3 is 6.03 Å². The number of nitrogens with zero attached hydrogens (tertiary/aromatic N) is 5. The van der Waals surface area contributed by atoms with E-state index in [1.165, 1.54) is 30.6 Å². The fraction of sp³-hybridized carbons (Fsp3) is 0.639. The Labute approximate surface area is 293 Å². The molecule has 5 aliphatic rings. The van der Waals surface area contributed by atoms with Gasteiger partial charge in [-0.2, -0.15) is 0 Å². The number of carbonyl (C=O) groups excluding carboxylic acids is 3. The number of amides is 4. The lowest BCUT2D eigenvalue weighted by molar-refractivity contribution is -0.143. The number of anilines is 2. The Kier molecular flexibility index (Phi) is 9.93. The molecule has 10 nitrogen and oxygen atoms in total. The van der Waals surface area contributed by atoms with Crippen LogP contribution in [-0.4, -0.2) is 113 Å². The van der Waals surface area contributed by atoms with Crippen LogP contribution < -0.4 is 11.1 Å². The van der Waals surface area contributed by atoms with E-state index in [-0.39, 0.29) is 30.3 Å². The minimum absolute atomic E-state index is 0.00753. The Bertz CT molecular complexity index is 1500. The molecule has 2 unspecified atom stereocenters. The second kappa shape index (κ2) is 14.2. The van der Waals surface area contributed by atoms with Gasteiger partial charge in [-0.25, -0.2) is 4.79 Å². The van der Waals surface area contributed by atoms with E-state index in [1.807, 2.05) is 45.2 Å². The van der Waals surface area contributed by atoms with Gasteiger partial charge in [0.15, 0.2) is 0 Å². The zero-order valence-electron chi connectivity index (χ0n) is 28.3. The minimum atomic E-state index is -0.476. The quantitative estimate of drug-likeness (QED) is 0.381. The van der Waals surface area contributed by atoms with Crippen molar-refractivity contribution in [1.29, 1.82) is 0 Å². The summed E-state index contributed by atoms with van der Waals surface area (Å²) in [6.45, 7) is 6.99. The number of nitrogens with one attached hydrogen (secondary N) is 1. The van der Waals surface area contributed by atoms with E-state index in [0.29, 0.717) is 68.0 Å². The highest BCUT2D eigenvalue weighted by molar-refractivity contribution is 7.10. The summed E-state index contributed by atoms with van der Waals surface area (Å²) in [7, 11) is 2.28. The molecule has 2 aromatic rings. The molecule has 0 aliphatic carbocycles. The van der Waals surface area contributed by atoms with Crippen LogP contribution in [0.2, 0.25) is 5.02 Å². The number of carbonyl (C=O) groups is 3. The summed E-state index contributed by atoms with van der Waals surface area (Å²) in [5.74, 6) is -0.410. The fourth-order valence-electron chi connectivity index (χ4n) is 8.98. The average molecular weight is 696 g/mol. The molecule has 4 amide bonds. The number of nitrogens with two attached hydrogens (primary N) is 1. The van der Waals surface area contributed by atoms with Crippen LogP contribution in [0.15, 0.2) is 23.6 Å². The molecule has 1 aromatic heterocycles. The van der Waals surface area contributed by atoms with Crippen LogP contribution in [0.3, 0.4) is 0 Å². The van der Waals surface area contributed by atoms with Crippen LogP contribution in [0.5, 0.6) is 0 Å². The van der Waals surface area contributed by atoms with Crippen LogP contribution >= 0.6 is 22.9 Å². The third-order valence-corrected chi connectivity index (χ3v) is 13.2. The lowest BCUT2D eigenvalue weighted by atomic mass is 9.91. The highest BCUT2D eigenvalue weighted by atomic mass is 35.5. The van der Waals surface area contributed by atoms with Gasteiger partial charge in [0.1, 0.15) is 0 Å². The molecule has 0 spiro atoms. The third-order valence-electron chi connectivity index (χ3n) is 11.9. The number of nitrogen functional groups attached to an aromatic ring is 1. The van der Waals surface area contributed by atoms with Crippen LogP contribution in [-0.2, 0) is 29.0 Å². The predicted molar refractivity (Wildman–Crippen MR) is 191 cm³/mol. The van der Waals surface area contributed by atoms with Gasteiger partial charge in [-0.3, -0.25) is 14.5 Å². The number of likely N-dealkylation sites (tertiary alicyclic amines) is 1. The first-order valence-electron chi connectivity index (χ1n) is 17.9. The maximum Gasteiger partial charge on any atom is 0.322 e. The Morgan fingerprint density at radius 2 is 1.69 bits per heavy atom. The van der Waals surface area contributed by atoms with E-state index < -0.39 is 5.92 Å². The zero-order valence-corrected chi connectivity index (χ0v) is 29.9. The molecule has 1 aromatic carbocycles. The molecule has 4 saturated heterocycles. The maximum atomic E-state index is 14.3. The number of fused-ring (bicyclic) bond motifs is 3. The van der Waals surface area contributed by atoms with Crippen molar-refractivity contribution in [1.82, 2.24) is 24.5 Å². The van der Waals surface area contributed by atoms with Crippen molar-refractivity contribution in [3.05, 3.63) is 44.6 Å². The number of hydrogen-bond donors (Lipinski definition) is 2. The van der Waals surface area contributed by atoms with E-state index in [4.69, 9.17) is 17.3 Å². The Balaban J connectivity index is 0.998. The van der Waals surface area contributed by atoms with Crippen molar-refractivity contribution < 1.29 is 14.4 Å². The first-order valence-corrected chi connectivity index (χ1v) is 19.2. The number of benzene rings is 1. The summed E-state index contributed by atoms with van der Waals surface area (Å²) in [5.41, 5.74) is 9.65. The topological polar surface area (TPSA) is 105 Å². The fourth-order valence-corrected chi connectivity index (χ4v) is 10.1. The molecule has 3 atom stereocenters. The molecule has 48 heavy (non-hydrogen) atoms. The SMILES string of the molecule is CCc1cc(C[C@@H](CC(=O)N2CCC(N3Cc4sccc4NC3=O)CC2)C(=O)N2CCN(C3CC4CCC(C3)N4C)CC2)cc(Cl)c1N. The summed E-state index contributed by atoms with van der Waals surface area (Å²) < 4.78 is 0. The molecular formula is C36H50ClN7O3S. The Hall–Kier alpha value is -2.86. The molecule has 6 heterocycles. The number of piperidine rings is 2. The lowest BCUT2D eigenvalue weighted by Crippen LogP contribution is -2.56. The van der Waals surface area contributed by atoms with Gasteiger partial charge in [0.05, 0.1) is 28.9 Å². The van der Waals surface area contributed by atoms with Crippen molar-refractivity contribution >= 4 is 52.2 Å². The third kappa shape index (κ3) is 6.80. The number of rotatable bonds is 8. The summed E-state index contributed by atoms with van der Waals surface area (Å²) in [6, 6.07) is 7.88.